The molecule has 250 valence electrons. The molecule has 0 bridgehead atoms. The monoisotopic (exact) mass is 645 g/mol. The number of anilines is 2. The zero-order chi connectivity index (χ0) is 32.8. The highest BCUT2D eigenvalue weighted by Crippen LogP contribution is 2.38. The number of hydrogen-bond donors (Lipinski definition) is 2. The lowest BCUT2D eigenvalue weighted by atomic mass is 9.95. The van der Waals surface area contributed by atoms with E-state index in [0.717, 1.165) is 64.8 Å². The number of carbonyl (C=O) groups excluding carboxylic acids is 1. The van der Waals surface area contributed by atoms with Crippen LogP contribution < -0.4 is 24.8 Å². The number of rotatable bonds is 12. The van der Waals surface area contributed by atoms with E-state index in [0.29, 0.717) is 51.8 Å². The molecule has 2 aliphatic rings. The van der Waals surface area contributed by atoms with Crippen LogP contribution in [0.5, 0.6) is 23.0 Å². The summed E-state index contributed by atoms with van der Waals surface area (Å²) in [7, 11) is 5.49. The van der Waals surface area contributed by atoms with Gasteiger partial charge in [-0.2, -0.15) is 5.10 Å². The standard InChI is InChI=1S/C35H44FN7O4/c1-41-15-17-43(18-16-41)14-7-19-46-33-22-29-26(21-32(33)45-3)30(12-13-37-29)47-31-11-10-25(20-28(31)36)38-34-27(23-42(2)40-34)35(44)39-24-8-5-4-6-9-24/h10-13,20-24H,4-9,14-19H2,1-3H3,(H,38,40)(H,39,44). The van der Waals surface area contributed by atoms with Crippen LogP contribution in [0.15, 0.2) is 48.8 Å². The lowest BCUT2D eigenvalue weighted by Gasteiger charge is -2.32. The van der Waals surface area contributed by atoms with Crippen LogP contribution in [0.25, 0.3) is 10.9 Å². The second-order valence-electron chi connectivity index (χ2n) is 12.4. The molecule has 47 heavy (non-hydrogen) atoms. The van der Waals surface area contributed by atoms with Gasteiger partial charge in [0, 0.05) is 81.4 Å². The number of aryl methyl sites for hydroxylation is 1. The maximum absolute atomic E-state index is 15.4. The van der Waals surface area contributed by atoms with Gasteiger partial charge in [-0.05, 0) is 50.6 Å². The normalized spacial score (nSPS) is 16.3. The minimum absolute atomic E-state index is 0.0440. The maximum atomic E-state index is 15.4. The zero-order valence-corrected chi connectivity index (χ0v) is 27.4. The van der Waals surface area contributed by atoms with Crippen molar-refractivity contribution in [1.29, 1.82) is 0 Å². The first kappa shape index (κ1) is 32.5. The van der Waals surface area contributed by atoms with Crippen molar-refractivity contribution >= 4 is 28.3 Å². The third-order valence-electron chi connectivity index (χ3n) is 8.89. The molecule has 1 aliphatic carbocycles. The molecule has 2 fully saturated rings. The lowest BCUT2D eigenvalue weighted by molar-refractivity contribution is 0.0928. The average Bonchev–Trinajstić information content (AvgIpc) is 3.45. The topological polar surface area (TPSA) is 106 Å². The molecule has 0 spiro atoms. The summed E-state index contributed by atoms with van der Waals surface area (Å²) in [6, 6.07) is 10.0. The van der Waals surface area contributed by atoms with E-state index in [1.807, 2.05) is 12.1 Å². The third kappa shape index (κ3) is 8.12. The highest BCUT2D eigenvalue weighted by molar-refractivity contribution is 5.99. The molecule has 0 unspecified atom stereocenters. The van der Waals surface area contributed by atoms with Gasteiger partial charge >= 0.3 is 0 Å². The number of pyridine rings is 1. The van der Waals surface area contributed by atoms with Gasteiger partial charge in [0.2, 0.25) is 0 Å². The number of amides is 1. The van der Waals surface area contributed by atoms with Crippen LogP contribution in [-0.2, 0) is 7.05 Å². The van der Waals surface area contributed by atoms with Gasteiger partial charge < -0.3 is 34.6 Å². The Morgan fingerprint density at radius 1 is 0.979 bits per heavy atom. The number of nitrogens with zero attached hydrogens (tertiary/aromatic N) is 5. The molecule has 2 aromatic heterocycles. The summed E-state index contributed by atoms with van der Waals surface area (Å²) in [5.74, 6) is 1.23. The van der Waals surface area contributed by atoms with E-state index in [1.165, 1.54) is 12.5 Å². The Balaban J connectivity index is 1.11. The van der Waals surface area contributed by atoms with E-state index in [2.05, 4.69) is 37.6 Å². The fourth-order valence-electron chi connectivity index (χ4n) is 6.21. The van der Waals surface area contributed by atoms with Crippen LogP contribution in [0.2, 0.25) is 0 Å². The van der Waals surface area contributed by atoms with Crippen molar-refractivity contribution in [3.8, 4) is 23.0 Å². The Kier molecular flexibility index (Phi) is 10.4. The molecule has 0 radical (unpaired) electrons. The number of fused-ring (bicyclic) bond motifs is 1. The van der Waals surface area contributed by atoms with Gasteiger partial charge in [-0.15, -0.1) is 0 Å². The van der Waals surface area contributed by atoms with Gasteiger partial charge in [-0.1, -0.05) is 19.3 Å². The van der Waals surface area contributed by atoms with Crippen LogP contribution in [0, 0.1) is 5.82 Å². The van der Waals surface area contributed by atoms with Gasteiger partial charge in [0.15, 0.2) is 28.9 Å². The zero-order valence-electron chi connectivity index (χ0n) is 27.4. The number of halogens is 1. The third-order valence-corrected chi connectivity index (χ3v) is 8.89. The number of piperazine rings is 1. The Hall–Kier alpha value is -4.42. The molecular formula is C35H44FN7O4. The summed E-state index contributed by atoms with van der Waals surface area (Å²) < 4.78 is 34.8. The van der Waals surface area contributed by atoms with Crippen molar-refractivity contribution in [3.05, 3.63) is 60.2 Å². The number of ether oxygens (including phenoxy) is 3. The van der Waals surface area contributed by atoms with Crippen molar-refractivity contribution in [2.45, 2.75) is 44.6 Å². The number of hydrogen-bond acceptors (Lipinski definition) is 9. The summed E-state index contributed by atoms with van der Waals surface area (Å²) in [6.07, 6.45) is 9.59. The van der Waals surface area contributed by atoms with Crippen LogP contribution in [0.4, 0.5) is 15.9 Å². The molecule has 11 nitrogen and oxygen atoms in total. The summed E-state index contributed by atoms with van der Waals surface area (Å²) in [5, 5.41) is 11.3. The lowest BCUT2D eigenvalue weighted by Crippen LogP contribution is -2.44. The van der Waals surface area contributed by atoms with Crippen molar-refractivity contribution in [1.82, 2.24) is 29.9 Å². The van der Waals surface area contributed by atoms with E-state index in [-0.39, 0.29) is 17.7 Å². The molecule has 12 heteroatoms. The summed E-state index contributed by atoms with van der Waals surface area (Å²) in [4.78, 5) is 22.4. The predicted molar refractivity (Wildman–Crippen MR) is 180 cm³/mol. The smallest absolute Gasteiger partial charge is 0.256 e. The van der Waals surface area contributed by atoms with Crippen molar-refractivity contribution in [2.24, 2.45) is 7.05 Å². The van der Waals surface area contributed by atoms with Gasteiger partial charge in [-0.25, -0.2) is 4.39 Å². The molecular weight excluding hydrogens is 601 g/mol. The maximum Gasteiger partial charge on any atom is 0.256 e. The minimum atomic E-state index is -0.573. The minimum Gasteiger partial charge on any atom is -0.493 e. The summed E-state index contributed by atoms with van der Waals surface area (Å²) in [5.41, 5.74) is 1.50. The van der Waals surface area contributed by atoms with E-state index in [9.17, 15) is 4.79 Å². The van der Waals surface area contributed by atoms with Gasteiger partial charge in [-0.3, -0.25) is 14.5 Å². The Morgan fingerprint density at radius 2 is 1.79 bits per heavy atom. The first-order chi connectivity index (χ1) is 22.9. The summed E-state index contributed by atoms with van der Waals surface area (Å²) in [6.45, 7) is 5.87. The number of nitrogens with one attached hydrogen (secondary N) is 2. The number of likely N-dealkylation sites (N-methyl/N-ethyl adjacent to an activating group) is 1. The predicted octanol–water partition coefficient (Wildman–Crippen LogP) is 5.73. The Bertz CT molecular complexity index is 1680. The van der Waals surface area contributed by atoms with Crippen molar-refractivity contribution in [2.75, 3.05) is 58.8 Å². The van der Waals surface area contributed by atoms with Crippen LogP contribution in [0.1, 0.15) is 48.9 Å². The molecule has 3 heterocycles. The molecule has 1 saturated heterocycles. The average molecular weight is 646 g/mol. The number of methoxy groups -OCH3 is 1. The number of benzene rings is 2. The number of carbonyl (C=O) groups is 1. The highest BCUT2D eigenvalue weighted by atomic mass is 19.1. The first-order valence-electron chi connectivity index (χ1n) is 16.5. The number of aromatic nitrogens is 3. The molecule has 2 N–H and O–H groups in total. The molecule has 0 atom stereocenters. The van der Waals surface area contributed by atoms with Crippen molar-refractivity contribution < 1.29 is 23.4 Å². The second kappa shape index (κ2) is 15.0. The van der Waals surface area contributed by atoms with Gasteiger partial charge in [0.25, 0.3) is 5.91 Å². The largest absolute Gasteiger partial charge is 0.493 e. The second-order valence-corrected chi connectivity index (χ2v) is 12.4. The highest BCUT2D eigenvalue weighted by Gasteiger charge is 2.22. The fraction of sp³-hybridized carbons (Fsp3) is 0.457. The van der Waals surface area contributed by atoms with Crippen LogP contribution in [0.3, 0.4) is 0 Å². The molecule has 2 aromatic carbocycles. The van der Waals surface area contributed by atoms with Gasteiger partial charge in [0.1, 0.15) is 11.3 Å². The van der Waals surface area contributed by atoms with E-state index >= 15 is 4.39 Å². The van der Waals surface area contributed by atoms with Crippen LogP contribution >= 0.6 is 0 Å². The fourth-order valence-corrected chi connectivity index (χ4v) is 6.21. The van der Waals surface area contributed by atoms with E-state index in [1.54, 1.807) is 49.4 Å². The van der Waals surface area contributed by atoms with Crippen molar-refractivity contribution in [3.63, 3.8) is 0 Å². The van der Waals surface area contributed by atoms with Crippen LogP contribution in [-0.4, -0.2) is 90.0 Å². The van der Waals surface area contributed by atoms with E-state index in [4.69, 9.17) is 14.2 Å². The quantitative estimate of drug-likeness (QED) is 0.187. The first-order valence-corrected chi connectivity index (χ1v) is 16.5. The molecule has 1 saturated carbocycles. The molecule has 6 rings (SSSR count). The Morgan fingerprint density at radius 3 is 2.55 bits per heavy atom. The van der Waals surface area contributed by atoms with Gasteiger partial charge in [0.05, 0.1) is 19.2 Å². The molecule has 1 aliphatic heterocycles. The molecule has 1 amide bonds. The summed E-state index contributed by atoms with van der Waals surface area (Å²) >= 11 is 0. The Labute approximate surface area is 275 Å². The van der Waals surface area contributed by atoms with E-state index < -0.39 is 5.82 Å². The SMILES string of the molecule is COc1cc2c(Oc3ccc(Nc4nn(C)cc4C(=O)NC4CCCCC4)cc3F)ccnc2cc1OCCCN1CCN(C)CC1. The molecule has 4 aromatic rings.